The molecule has 2 N–H and O–H groups in total. The number of benzene rings is 2. The molecule has 2 aromatic carbocycles. The highest BCUT2D eigenvalue weighted by Gasteiger charge is 2.28. The molecule has 0 radical (unpaired) electrons. The summed E-state index contributed by atoms with van der Waals surface area (Å²) in [5, 5.41) is 5.74. The Morgan fingerprint density at radius 3 is 2.62 bits per heavy atom. The lowest BCUT2D eigenvalue weighted by atomic mass is 9.97. The molecule has 32 heavy (non-hydrogen) atoms. The van der Waals surface area contributed by atoms with Gasteiger partial charge in [0, 0.05) is 24.5 Å². The Labute approximate surface area is 183 Å². The summed E-state index contributed by atoms with van der Waals surface area (Å²) < 4.78 is 10.8. The molecule has 8 heteroatoms. The zero-order chi connectivity index (χ0) is 21.9. The van der Waals surface area contributed by atoms with Crippen LogP contribution < -0.4 is 10.6 Å². The SMILES string of the molecule is O=C(Nc1ccccc1)Nc1cccc2c1CCN(C(=O)c1ncoc1-c1ccco1)C2. The maximum atomic E-state index is 13.1. The van der Waals surface area contributed by atoms with E-state index in [1.807, 2.05) is 48.5 Å². The predicted octanol–water partition coefficient (Wildman–Crippen LogP) is 4.78. The Balaban J connectivity index is 1.31. The number of hydrogen-bond donors (Lipinski definition) is 2. The van der Waals surface area contributed by atoms with Crippen LogP contribution in [0.15, 0.2) is 82.2 Å². The first-order valence-electron chi connectivity index (χ1n) is 10.2. The topological polar surface area (TPSA) is 101 Å². The van der Waals surface area contributed by atoms with E-state index in [2.05, 4.69) is 15.6 Å². The zero-order valence-corrected chi connectivity index (χ0v) is 17.1. The number of urea groups is 1. The average molecular weight is 428 g/mol. The van der Waals surface area contributed by atoms with Gasteiger partial charge in [-0.25, -0.2) is 9.78 Å². The molecule has 0 bridgehead atoms. The summed E-state index contributed by atoms with van der Waals surface area (Å²) in [5.74, 6) is 0.550. The van der Waals surface area contributed by atoms with Crippen LogP contribution in [0.2, 0.25) is 0 Å². The molecule has 0 unspecified atom stereocenters. The summed E-state index contributed by atoms with van der Waals surface area (Å²) in [6, 6.07) is 18.1. The first-order chi connectivity index (χ1) is 15.7. The largest absolute Gasteiger partial charge is 0.461 e. The van der Waals surface area contributed by atoms with E-state index in [0.717, 1.165) is 16.8 Å². The Morgan fingerprint density at radius 2 is 1.81 bits per heavy atom. The number of carbonyl (C=O) groups is 2. The second-order valence-corrected chi connectivity index (χ2v) is 7.37. The molecule has 2 aromatic heterocycles. The number of nitrogens with zero attached hydrogens (tertiary/aromatic N) is 2. The van der Waals surface area contributed by atoms with Crippen molar-refractivity contribution in [2.75, 3.05) is 17.2 Å². The van der Waals surface area contributed by atoms with Crippen molar-refractivity contribution in [3.8, 4) is 11.5 Å². The molecule has 160 valence electrons. The van der Waals surface area contributed by atoms with Gasteiger partial charge in [0.1, 0.15) is 0 Å². The number of carbonyl (C=O) groups excluding carboxylic acids is 2. The van der Waals surface area contributed by atoms with Gasteiger partial charge in [-0.1, -0.05) is 30.3 Å². The third-order valence-electron chi connectivity index (χ3n) is 5.35. The van der Waals surface area contributed by atoms with Crippen LogP contribution >= 0.6 is 0 Å². The number of anilines is 2. The molecule has 3 heterocycles. The standard InChI is InChI=1S/C24H20N4O4/c29-23(21-22(32-15-25-21)20-10-5-13-31-20)28-12-11-18-16(14-28)6-4-9-19(18)27-24(30)26-17-7-2-1-3-8-17/h1-10,13,15H,11-12,14H2,(H2,26,27,30). The first-order valence-corrected chi connectivity index (χ1v) is 10.2. The van der Waals surface area contributed by atoms with E-state index in [9.17, 15) is 9.59 Å². The highest BCUT2D eigenvalue weighted by atomic mass is 16.4. The number of nitrogens with one attached hydrogen (secondary N) is 2. The Bertz CT molecular complexity index is 1250. The van der Waals surface area contributed by atoms with E-state index in [4.69, 9.17) is 8.83 Å². The number of para-hydroxylation sites is 1. The predicted molar refractivity (Wildman–Crippen MR) is 118 cm³/mol. The second-order valence-electron chi connectivity index (χ2n) is 7.37. The number of amides is 3. The minimum atomic E-state index is -0.311. The van der Waals surface area contributed by atoms with Crippen molar-refractivity contribution in [3.63, 3.8) is 0 Å². The summed E-state index contributed by atoms with van der Waals surface area (Å²) in [4.78, 5) is 31.4. The monoisotopic (exact) mass is 428 g/mol. The molecule has 0 aliphatic carbocycles. The van der Waals surface area contributed by atoms with Crippen LogP contribution in [0.1, 0.15) is 21.6 Å². The molecule has 8 nitrogen and oxygen atoms in total. The molecule has 3 amide bonds. The molecule has 0 atom stereocenters. The summed E-state index contributed by atoms with van der Waals surface area (Å²) in [6.45, 7) is 0.906. The van der Waals surface area contributed by atoms with Crippen molar-refractivity contribution in [1.29, 1.82) is 0 Å². The minimum Gasteiger partial charge on any atom is -0.461 e. The Kier molecular flexibility index (Phi) is 5.17. The van der Waals surface area contributed by atoms with Gasteiger partial charge in [-0.05, 0) is 47.9 Å². The quantitative estimate of drug-likeness (QED) is 0.487. The summed E-state index contributed by atoms with van der Waals surface area (Å²) in [5.41, 5.74) is 3.67. The average Bonchev–Trinajstić information content (AvgIpc) is 3.51. The van der Waals surface area contributed by atoms with Gasteiger partial charge in [0.15, 0.2) is 17.8 Å². The van der Waals surface area contributed by atoms with Crippen molar-refractivity contribution in [2.24, 2.45) is 0 Å². The summed E-state index contributed by atoms with van der Waals surface area (Å²) in [7, 11) is 0. The molecular formula is C24H20N4O4. The van der Waals surface area contributed by atoms with E-state index >= 15 is 0 Å². The van der Waals surface area contributed by atoms with Crippen LogP contribution in [0.5, 0.6) is 0 Å². The van der Waals surface area contributed by atoms with E-state index in [-0.39, 0.29) is 17.6 Å². The van der Waals surface area contributed by atoms with Gasteiger partial charge in [-0.3, -0.25) is 4.79 Å². The summed E-state index contributed by atoms with van der Waals surface area (Å²) >= 11 is 0. The van der Waals surface area contributed by atoms with Crippen LogP contribution in [-0.2, 0) is 13.0 Å². The number of rotatable bonds is 4. The third-order valence-corrected chi connectivity index (χ3v) is 5.35. The van der Waals surface area contributed by atoms with Gasteiger partial charge >= 0.3 is 6.03 Å². The van der Waals surface area contributed by atoms with Crippen molar-refractivity contribution < 1.29 is 18.4 Å². The fourth-order valence-corrected chi connectivity index (χ4v) is 3.84. The van der Waals surface area contributed by atoms with Gasteiger partial charge in [0.25, 0.3) is 5.91 Å². The highest BCUT2D eigenvalue weighted by Crippen LogP contribution is 2.29. The van der Waals surface area contributed by atoms with Crippen LogP contribution in [0, 0.1) is 0 Å². The maximum absolute atomic E-state index is 13.1. The van der Waals surface area contributed by atoms with Crippen LogP contribution in [-0.4, -0.2) is 28.4 Å². The molecular weight excluding hydrogens is 408 g/mol. The minimum absolute atomic E-state index is 0.222. The number of furan rings is 1. The molecule has 1 aliphatic heterocycles. The number of fused-ring (bicyclic) bond motifs is 1. The van der Waals surface area contributed by atoms with Gasteiger partial charge in [-0.2, -0.15) is 0 Å². The van der Waals surface area contributed by atoms with Crippen molar-refractivity contribution in [3.05, 3.63) is 90.1 Å². The third kappa shape index (κ3) is 3.85. The maximum Gasteiger partial charge on any atom is 0.323 e. The van der Waals surface area contributed by atoms with E-state index < -0.39 is 0 Å². The lowest BCUT2D eigenvalue weighted by molar-refractivity contribution is 0.0729. The van der Waals surface area contributed by atoms with Crippen molar-refractivity contribution >= 4 is 23.3 Å². The molecule has 0 spiro atoms. The van der Waals surface area contributed by atoms with Crippen molar-refractivity contribution in [1.82, 2.24) is 9.88 Å². The summed E-state index contributed by atoms with van der Waals surface area (Å²) in [6.07, 6.45) is 3.37. The Morgan fingerprint density at radius 1 is 0.938 bits per heavy atom. The fraction of sp³-hybridized carbons (Fsp3) is 0.125. The van der Waals surface area contributed by atoms with Crippen LogP contribution in [0.4, 0.5) is 16.2 Å². The van der Waals surface area contributed by atoms with Crippen LogP contribution in [0.3, 0.4) is 0 Å². The van der Waals surface area contributed by atoms with E-state index in [1.165, 1.54) is 12.7 Å². The number of oxazole rings is 1. The molecule has 5 rings (SSSR count). The highest BCUT2D eigenvalue weighted by molar-refractivity contribution is 6.00. The number of aromatic nitrogens is 1. The second kappa shape index (κ2) is 8.43. The smallest absolute Gasteiger partial charge is 0.323 e. The molecule has 1 aliphatic rings. The zero-order valence-electron chi connectivity index (χ0n) is 17.1. The lowest BCUT2D eigenvalue weighted by Crippen LogP contribution is -2.37. The molecule has 0 saturated heterocycles. The van der Waals surface area contributed by atoms with Gasteiger partial charge < -0.3 is 24.4 Å². The first kappa shape index (κ1) is 19.6. The fourth-order valence-electron chi connectivity index (χ4n) is 3.84. The van der Waals surface area contributed by atoms with Gasteiger partial charge in [-0.15, -0.1) is 0 Å². The molecule has 0 saturated carbocycles. The molecule has 4 aromatic rings. The van der Waals surface area contributed by atoms with Crippen molar-refractivity contribution in [2.45, 2.75) is 13.0 Å². The van der Waals surface area contributed by atoms with E-state index in [0.29, 0.717) is 36.7 Å². The van der Waals surface area contributed by atoms with Gasteiger partial charge in [0.05, 0.1) is 6.26 Å². The van der Waals surface area contributed by atoms with Crippen LogP contribution in [0.25, 0.3) is 11.5 Å². The van der Waals surface area contributed by atoms with E-state index in [1.54, 1.807) is 17.0 Å². The Hall–Kier alpha value is -4.33. The van der Waals surface area contributed by atoms with Gasteiger partial charge in [0.2, 0.25) is 5.76 Å². The number of hydrogen-bond acceptors (Lipinski definition) is 5. The molecule has 0 fully saturated rings. The normalized spacial score (nSPS) is 12.8. The lowest BCUT2D eigenvalue weighted by Gasteiger charge is -2.29.